The molecule has 0 unspecified atom stereocenters. The minimum atomic E-state index is -0.424. The van der Waals surface area contributed by atoms with Crippen LogP contribution in [0.3, 0.4) is 0 Å². The van der Waals surface area contributed by atoms with Gasteiger partial charge in [0.05, 0.1) is 11.3 Å². The van der Waals surface area contributed by atoms with Gasteiger partial charge >= 0.3 is 0 Å². The second-order valence-corrected chi connectivity index (χ2v) is 6.71. The molecule has 0 atom stereocenters. The highest BCUT2D eigenvalue weighted by molar-refractivity contribution is 6.13. The second-order valence-electron chi connectivity index (χ2n) is 6.71. The van der Waals surface area contributed by atoms with E-state index in [0.29, 0.717) is 17.0 Å². The Bertz CT molecular complexity index is 990. The van der Waals surface area contributed by atoms with E-state index in [-0.39, 0.29) is 12.5 Å². The Morgan fingerprint density at radius 3 is 1.93 bits per heavy atom. The monoisotopic (exact) mass is 401 g/mol. The van der Waals surface area contributed by atoms with E-state index in [1.54, 1.807) is 38.4 Å². The molecule has 0 saturated heterocycles. The number of para-hydroxylation sites is 1. The lowest BCUT2D eigenvalue weighted by molar-refractivity contribution is -0.130. The van der Waals surface area contributed by atoms with Crippen LogP contribution in [0.4, 0.5) is 0 Å². The summed E-state index contributed by atoms with van der Waals surface area (Å²) in [5, 5.41) is 4.39. The molecule has 3 aromatic carbocycles. The summed E-state index contributed by atoms with van der Waals surface area (Å²) < 4.78 is 5.56. The van der Waals surface area contributed by atoms with Gasteiger partial charge in [-0.25, -0.2) is 5.43 Å². The normalized spacial score (nSPS) is 10.1. The largest absolute Gasteiger partial charge is 0.483 e. The predicted molar refractivity (Wildman–Crippen MR) is 117 cm³/mol. The standard InChI is InChI=1S/C24H23N3O3/c1-27(2)22(28)17-30-21-16-10-9-15-20(21)24(29)26-25-23(18-11-5-3-6-12-18)19-13-7-4-8-14-19/h3-16H,17H2,1-2H3,(H,26,29). The molecular formula is C24H23N3O3. The van der Waals surface area contributed by atoms with Crippen molar-refractivity contribution in [3.8, 4) is 5.75 Å². The van der Waals surface area contributed by atoms with Crippen LogP contribution in [0.25, 0.3) is 0 Å². The molecule has 2 amide bonds. The number of nitrogens with zero attached hydrogens (tertiary/aromatic N) is 2. The maximum atomic E-state index is 12.8. The third-order valence-electron chi connectivity index (χ3n) is 4.35. The smallest absolute Gasteiger partial charge is 0.275 e. The third-order valence-corrected chi connectivity index (χ3v) is 4.35. The first kappa shape index (κ1) is 20.8. The molecule has 0 bridgehead atoms. The van der Waals surface area contributed by atoms with Crippen LogP contribution < -0.4 is 10.2 Å². The Hall–Kier alpha value is -3.93. The summed E-state index contributed by atoms with van der Waals surface area (Å²) in [6.07, 6.45) is 0. The zero-order valence-electron chi connectivity index (χ0n) is 16.9. The molecular weight excluding hydrogens is 378 g/mol. The van der Waals surface area contributed by atoms with Crippen LogP contribution in [0.15, 0.2) is 90.0 Å². The zero-order valence-corrected chi connectivity index (χ0v) is 16.9. The van der Waals surface area contributed by atoms with Gasteiger partial charge in [0.2, 0.25) is 0 Å². The molecule has 0 heterocycles. The predicted octanol–water partition coefficient (Wildman–Crippen LogP) is 3.34. The lowest BCUT2D eigenvalue weighted by Gasteiger charge is -2.13. The molecule has 0 spiro atoms. The minimum Gasteiger partial charge on any atom is -0.483 e. The highest BCUT2D eigenvalue weighted by atomic mass is 16.5. The number of amides is 2. The van der Waals surface area contributed by atoms with Crippen molar-refractivity contribution in [3.05, 3.63) is 102 Å². The fourth-order valence-corrected chi connectivity index (χ4v) is 2.70. The van der Waals surface area contributed by atoms with Gasteiger partial charge in [-0.05, 0) is 12.1 Å². The fraction of sp³-hybridized carbons (Fsp3) is 0.125. The zero-order chi connectivity index (χ0) is 21.3. The average molecular weight is 401 g/mol. The number of hydrazone groups is 1. The molecule has 0 fully saturated rings. The first-order chi connectivity index (χ1) is 14.6. The molecule has 0 aliphatic heterocycles. The van der Waals surface area contributed by atoms with E-state index in [9.17, 15) is 9.59 Å². The Labute approximate surface area is 175 Å². The first-order valence-corrected chi connectivity index (χ1v) is 9.47. The summed E-state index contributed by atoms with van der Waals surface area (Å²) >= 11 is 0. The maximum absolute atomic E-state index is 12.8. The van der Waals surface area contributed by atoms with Crippen LogP contribution in [0, 0.1) is 0 Å². The highest BCUT2D eigenvalue weighted by Crippen LogP contribution is 2.18. The Balaban J connectivity index is 1.84. The molecule has 6 nitrogen and oxygen atoms in total. The van der Waals surface area contributed by atoms with E-state index in [1.165, 1.54) is 4.90 Å². The SMILES string of the molecule is CN(C)C(=O)COc1ccccc1C(=O)NN=C(c1ccccc1)c1ccccc1. The Kier molecular flexibility index (Phi) is 6.95. The van der Waals surface area contributed by atoms with E-state index >= 15 is 0 Å². The Morgan fingerprint density at radius 1 is 0.833 bits per heavy atom. The van der Waals surface area contributed by atoms with Crippen LogP contribution in [-0.4, -0.2) is 43.1 Å². The van der Waals surface area contributed by atoms with Gasteiger partial charge in [-0.1, -0.05) is 72.8 Å². The summed E-state index contributed by atoms with van der Waals surface area (Å²) in [6, 6.07) is 26.0. The highest BCUT2D eigenvalue weighted by Gasteiger charge is 2.15. The van der Waals surface area contributed by atoms with E-state index in [1.807, 2.05) is 60.7 Å². The van der Waals surface area contributed by atoms with Gasteiger partial charge in [-0.3, -0.25) is 9.59 Å². The number of likely N-dealkylation sites (N-methyl/N-ethyl adjacent to an activating group) is 1. The molecule has 0 saturated carbocycles. The van der Waals surface area contributed by atoms with Gasteiger partial charge in [0.1, 0.15) is 5.75 Å². The third kappa shape index (κ3) is 5.32. The van der Waals surface area contributed by atoms with Crippen LogP contribution in [0.2, 0.25) is 0 Å². The number of hydrogen-bond donors (Lipinski definition) is 1. The van der Waals surface area contributed by atoms with Crippen LogP contribution in [0.5, 0.6) is 5.75 Å². The quantitative estimate of drug-likeness (QED) is 0.488. The van der Waals surface area contributed by atoms with Crippen molar-refractivity contribution in [3.63, 3.8) is 0 Å². The van der Waals surface area contributed by atoms with E-state index in [2.05, 4.69) is 10.5 Å². The lowest BCUT2D eigenvalue weighted by Crippen LogP contribution is -2.28. The van der Waals surface area contributed by atoms with Crippen molar-refractivity contribution in [1.29, 1.82) is 0 Å². The van der Waals surface area contributed by atoms with Crippen molar-refractivity contribution >= 4 is 17.5 Å². The first-order valence-electron chi connectivity index (χ1n) is 9.47. The number of rotatable bonds is 7. The molecule has 0 radical (unpaired) electrons. The number of nitrogens with one attached hydrogen (secondary N) is 1. The maximum Gasteiger partial charge on any atom is 0.275 e. The van der Waals surface area contributed by atoms with Gasteiger partial charge in [0.15, 0.2) is 6.61 Å². The topological polar surface area (TPSA) is 71.0 Å². The van der Waals surface area contributed by atoms with Crippen LogP contribution in [-0.2, 0) is 4.79 Å². The minimum absolute atomic E-state index is 0.153. The number of ether oxygens (including phenoxy) is 1. The van der Waals surface area contributed by atoms with Crippen molar-refractivity contribution in [2.45, 2.75) is 0 Å². The van der Waals surface area contributed by atoms with Crippen LogP contribution in [0.1, 0.15) is 21.5 Å². The molecule has 30 heavy (non-hydrogen) atoms. The molecule has 0 aliphatic carbocycles. The number of hydrogen-bond acceptors (Lipinski definition) is 4. The van der Waals surface area contributed by atoms with E-state index < -0.39 is 5.91 Å². The van der Waals surface area contributed by atoms with Crippen molar-refractivity contribution in [1.82, 2.24) is 10.3 Å². The van der Waals surface area contributed by atoms with Gasteiger partial charge in [0.25, 0.3) is 11.8 Å². The number of carbonyl (C=O) groups excluding carboxylic acids is 2. The van der Waals surface area contributed by atoms with Gasteiger partial charge in [0, 0.05) is 25.2 Å². The van der Waals surface area contributed by atoms with Gasteiger partial charge in [-0.15, -0.1) is 0 Å². The van der Waals surface area contributed by atoms with Gasteiger partial charge in [-0.2, -0.15) is 5.10 Å². The molecule has 6 heteroatoms. The van der Waals surface area contributed by atoms with E-state index in [4.69, 9.17) is 4.74 Å². The summed E-state index contributed by atoms with van der Waals surface area (Å²) in [6.45, 7) is -0.153. The summed E-state index contributed by atoms with van der Waals surface area (Å²) in [5.41, 5.74) is 5.32. The molecule has 0 aromatic heterocycles. The van der Waals surface area contributed by atoms with Crippen molar-refractivity contribution in [2.24, 2.45) is 5.10 Å². The number of benzene rings is 3. The van der Waals surface area contributed by atoms with Gasteiger partial charge < -0.3 is 9.64 Å². The van der Waals surface area contributed by atoms with E-state index in [0.717, 1.165) is 11.1 Å². The van der Waals surface area contributed by atoms with Crippen molar-refractivity contribution < 1.29 is 14.3 Å². The molecule has 0 aliphatic rings. The molecule has 3 rings (SSSR count). The Morgan fingerprint density at radius 2 is 1.37 bits per heavy atom. The van der Waals surface area contributed by atoms with Crippen LogP contribution >= 0.6 is 0 Å². The summed E-state index contributed by atoms with van der Waals surface area (Å²) in [7, 11) is 3.29. The lowest BCUT2D eigenvalue weighted by atomic mass is 10.0. The summed E-state index contributed by atoms with van der Waals surface area (Å²) in [4.78, 5) is 26.1. The summed E-state index contributed by atoms with van der Waals surface area (Å²) in [5.74, 6) is -0.299. The van der Waals surface area contributed by atoms with Crippen molar-refractivity contribution in [2.75, 3.05) is 20.7 Å². The molecule has 152 valence electrons. The fourth-order valence-electron chi connectivity index (χ4n) is 2.70. The second kappa shape index (κ2) is 10.0. The number of carbonyl (C=O) groups is 2. The average Bonchev–Trinajstić information content (AvgIpc) is 2.79. The molecule has 3 aromatic rings. The molecule has 1 N–H and O–H groups in total.